The number of halogens is 2. The highest BCUT2D eigenvalue weighted by Crippen LogP contribution is 2.24. The Bertz CT molecular complexity index is 586. The summed E-state index contributed by atoms with van der Waals surface area (Å²) in [6.07, 6.45) is 0. The van der Waals surface area contributed by atoms with Crippen molar-refractivity contribution in [1.82, 2.24) is 4.98 Å². The first-order chi connectivity index (χ1) is 7.61. The molecule has 0 bridgehead atoms. The third-order valence-electron chi connectivity index (χ3n) is 1.93. The number of hydrogen-bond acceptors (Lipinski definition) is 4. The number of aromatic nitrogens is 1. The molecule has 6 heteroatoms. The van der Waals surface area contributed by atoms with Crippen molar-refractivity contribution in [2.45, 2.75) is 0 Å². The minimum Gasteiger partial charge on any atom is -0.419 e. The first kappa shape index (κ1) is 10.1. The molecule has 0 aliphatic heterocycles. The van der Waals surface area contributed by atoms with Gasteiger partial charge < -0.3 is 10.2 Å². The molecule has 2 rings (SSSR count). The summed E-state index contributed by atoms with van der Waals surface area (Å²) >= 11 is 0. The van der Waals surface area contributed by atoms with Crippen molar-refractivity contribution in [1.29, 1.82) is 5.26 Å². The van der Waals surface area contributed by atoms with Gasteiger partial charge in [0.2, 0.25) is 17.5 Å². The number of rotatable bonds is 1. The topological polar surface area (TPSA) is 75.8 Å². The molecule has 0 radical (unpaired) electrons. The van der Waals surface area contributed by atoms with Gasteiger partial charge in [-0.25, -0.2) is 8.78 Å². The third kappa shape index (κ3) is 1.59. The van der Waals surface area contributed by atoms with Gasteiger partial charge in [0.05, 0.1) is 0 Å². The van der Waals surface area contributed by atoms with Gasteiger partial charge in [-0.3, -0.25) is 0 Å². The van der Waals surface area contributed by atoms with Crippen LogP contribution < -0.4 is 5.73 Å². The van der Waals surface area contributed by atoms with E-state index in [9.17, 15) is 8.78 Å². The number of nitrogen functional groups attached to an aromatic ring is 1. The summed E-state index contributed by atoms with van der Waals surface area (Å²) in [5.74, 6) is -2.16. The number of nitrogens with zero attached hydrogens (tertiary/aromatic N) is 2. The number of nitriles is 1. The molecule has 80 valence electrons. The molecule has 0 saturated heterocycles. The van der Waals surface area contributed by atoms with E-state index in [2.05, 4.69) is 4.98 Å². The molecule has 0 amide bonds. The molecule has 16 heavy (non-hydrogen) atoms. The number of nitrogens with two attached hydrogens (primary N) is 1. The molecule has 0 aliphatic rings. The van der Waals surface area contributed by atoms with Gasteiger partial charge in [0.15, 0.2) is 11.6 Å². The Kier molecular flexibility index (Phi) is 2.29. The Morgan fingerprint density at radius 1 is 1.31 bits per heavy atom. The second-order valence-electron chi connectivity index (χ2n) is 2.97. The maximum Gasteiger partial charge on any atom is 0.230 e. The van der Waals surface area contributed by atoms with Gasteiger partial charge in [-0.2, -0.15) is 10.2 Å². The van der Waals surface area contributed by atoms with Crippen LogP contribution in [0.2, 0.25) is 0 Å². The fourth-order valence-electron chi connectivity index (χ4n) is 1.16. The Morgan fingerprint density at radius 2 is 2.06 bits per heavy atom. The standard InChI is InChI=1S/C10H5F2N3O/c11-6-2-1-5(3-7(6)12)10-15-8(4-13)9(14)16-10/h1-3H,14H2. The van der Waals surface area contributed by atoms with E-state index in [-0.39, 0.29) is 23.0 Å². The number of hydrogen-bond donors (Lipinski definition) is 1. The van der Waals surface area contributed by atoms with E-state index in [1.807, 2.05) is 0 Å². The van der Waals surface area contributed by atoms with Gasteiger partial charge in [0.25, 0.3) is 0 Å². The van der Waals surface area contributed by atoms with Crippen LogP contribution in [0.3, 0.4) is 0 Å². The Labute approximate surface area is 88.9 Å². The molecule has 1 aromatic heterocycles. The van der Waals surface area contributed by atoms with Crippen molar-refractivity contribution < 1.29 is 13.2 Å². The quantitative estimate of drug-likeness (QED) is 0.799. The highest BCUT2D eigenvalue weighted by Gasteiger charge is 2.13. The molecule has 0 spiro atoms. The maximum absolute atomic E-state index is 12.9. The SMILES string of the molecule is N#Cc1nc(-c2ccc(F)c(F)c2)oc1N. The summed E-state index contributed by atoms with van der Waals surface area (Å²) in [6.45, 7) is 0. The van der Waals surface area contributed by atoms with E-state index in [1.54, 1.807) is 6.07 Å². The summed E-state index contributed by atoms with van der Waals surface area (Å²) < 4.78 is 30.5. The predicted molar refractivity (Wildman–Crippen MR) is 51.0 cm³/mol. The van der Waals surface area contributed by atoms with Crippen molar-refractivity contribution in [3.8, 4) is 17.5 Å². The summed E-state index contributed by atoms with van der Waals surface area (Å²) in [5.41, 5.74) is 5.47. The summed E-state index contributed by atoms with van der Waals surface area (Å²) in [5, 5.41) is 8.59. The minimum absolute atomic E-state index is 0.0204. The molecular formula is C10H5F2N3O. The zero-order valence-electron chi connectivity index (χ0n) is 7.87. The molecular weight excluding hydrogens is 216 g/mol. The zero-order chi connectivity index (χ0) is 11.7. The number of anilines is 1. The van der Waals surface area contributed by atoms with E-state index in [4.69, 9.17) is 15.4 Å². The number of oxazole rings is 1. The second-order valence-corrected chi connectivity index (χ2v) is 2.97. The van der Waals surface area contributed by atoms with Crippen LogP contribution in [0.4, 0.5) is 14.7 Å². The van der Waals surface area contributed by atoms with Crippen molar-refractivity contribution in [2.75, 3.05) is 5.73 Å². The van der Waals surface area contributed by atoms with Crippen LogP contribution in [0.25, 0.3) is 11.5 Å². The molecule has 0 unspecified atom stereocenters. The maximum atomic E-state index is 12.9. The lowest BCUT2D eigenvalue weighted by Gasteiger charge is -1.96. The lowest BCUT2D eigenvalue weighted by molar-refractivity contribution is 0.508. The second kappa shape index (κ2) is 3.62. The summed E-state index contributed by atoms with van der Waals surface area (Å²) in [6, 6.07) is 4.86. The van der Waals surface area contributed by atoms with Gasteiger partial charge in [-0.1, -0.05) is 0 Å². The lowest BCUT2D eigenvalue weighted by Crippen LogP contribution is -1.85. The molecule has 1 aromatic carbocycles. The van der Waals surface area contributed by atoms with E-state index < -0.39 is 11.6 Å². The first-order valence-electron chi connectivity index (χ1n) is 4.23. The van der Waals surface area contributed by atoms with E-state index in [1.165, 1.54) is 6.07 Å². The van der Waals surface area contributed by atoms with Gasteiger partial charge in [0.1, 0.15) is 6.07 Å². The molecule has 2 N–H and O–H groups in total. The zero-order valence-corrected chi connectivity index (χ0v) is 7.87. The van der Waals surface area contributed by atoms with Gasteiger partial charge in [-0.05, 0) is 18.2 Å². The van der Waals surface area contributed by atoms with Crippen LogP contribution in [0.1, 0.15) is 5.69 Å². The molecule has 4 nitrogen and oxygen atoms in total. The summed E-state index contributed by atoms with van der Waals surface area (Å²) in [4.78, 5) is 3.73. The Hall–Kier alpha value is -2.42. The van der Waals surface area contributed by atoms with Crippen molar-refractivity contribution in [3.63, 3.8) is 0 Å². The van der Waals surface area contributed by atoms with Crippen LogP contribution >= 0.6 is 0 Å². The van der Waals surface area contributed by atoms with Crippen molar-refractivity contribution >= 4 is 5.88 Å². The van der Waals surface area contributed by atoms with Crippen molar-refractivity contribution in [3.05, 3.63) is 35.5 Å². The van der Waals surface area contributed by atoms with Crippen LogP contribution in [-0.2, 0) is 0 Å². The molecule has 1 heterocycles. The van der Waals surface area contributed by atoms with Crippen LogP contribution in [0.5, 0.6) is 0 Å². The highest BCUT2D eigenvalue weighted by molar-refractivity contribution is 5.57. The molecule has 0 saturated carbocycles. The average Bonchev–Trinajstić information content (AvgIpc) is 2.64. The Balaban J connectivity index is 2.51. The van der Waals surface area contributed by atoms with Crippen LogP contribution in [-0.4, -0.2) is 4.98 Å². The minimum atomic E-state index is -1.02. The van der Waals surface area contributed by atoms with Crippen LogP contribution in [0.15, 0.2) is 22.6 Å². The average molecular weight is 221 g/mol. The molecule has 0 atom stereocenters. The van der Waals surface area contributed by atoms with Crippen LogP contribution in [0, 0.1) is 23.0 Å². The highest BCUT2D eigenvalue weighted by atomic mass is 19.2. The molecule has 2 aromatic rings. The third-order valence-corrected chi connectivity index (χ3v) is 1.93. The number of benzene rings is 1. The monoisotopic (exact) mass is 221 g/mol. The molecule has 0 aliphatic carbocycles. The van der Waals surface area contributed by atoms with Gasteiger partial charge >= 0.3 is 0 Å². The fraction of sp³-hybridized carbons (Fsp3) is 0. The van der Waals surface area contributed by atoms with E-state index >= 15 is 0 Å². The van der Waals surface area contributed by atoms with E-state index in [0.717, 1.165) is 12.1 Å². The normalized spacial score (nSPS) is 10.1. The molecule has 0 fully saturated rings. The van der Waals surface area contributed by atoms with E-state index in [0.29, 0.717) is 0 Å². The van der Waals surface area contributed by atoms with Gasteiger partial charge in [0, 0.05) is 5.56 Å². The summed E-state index contributed by atoms with van der Waals surface area (Å²) in [7, 11) is 0. The first-order valence-corrected chi connectivity index (χ1v) is 4.23. The predicted octanol–water partition coefficient (Wildman–Crippen LogP) is 2.07. The smallest absolute Gasteiger partial charge is 0.230 e. The van der Waals surface area contributed by atoms with Gasteiger partial charge in [-0.15, -0.1) is 0 Å². The van der Waals surface area contributed by atoms with Crippen molar-refractivity contribution in [2.24, 2.45) is 0 Å². The lowest BCUT2D eigenvalue weighted by atomic mass is 10.2. The largest absolute Gasteiger partial charge is 0.419 e. The fourth-order valence-corrected chi connectivity index (χ4v) is 1.16. The Morgan fingerprint density at radius 3 is 2.62 bits per heavy atom.